The van der Waals surface area contributed by atoms with Gasteiger partial charge in [0.1, 0.15) is 5.82 Å². The average Bonchev–Trinajstić information content (AvgIpc) is 2.13. The molecule has 0 bridgehead atoms. The van der Waals surface area contributed by atoms with E-state index < -0.39 is 11.6 Å². The number of halogens is 2. The number of benzene rings is 1. The molecule has 0 aliphatic heterocycles. The minimum atomic E-state index is -0.721. The van der Waals surface area contributed by atoms with Crippen LogP contribution in [0.4, 0.5) is 20.2 Å². The normalized spacial score (nSPS) is 12.5. The first-order chi connectivity index (χ1) is 7.04. The van der Waals surface area contributed by atoms with Crippen molar-refractivity contribution in [3.8, 4) is 0 Å². The molecule has 1 unspecified atom stereocenters. The van der Waals surface area contributed by atoms with E-state index in [9.17, 15) is 8.78 Å². The van der Waals surface area contributed by atoms with E-state index in [1.165, 1.54) is 6.07 Å². The van der Waals surface area contributed by atoms with Gasteiger partial charge in [-0.2, -0.15) is 0 Å². The van der Waals surface area contributed by atoms with Gasteiger partial charge in [-0.3, -0.25) is 0 Å². The molecule has 1 aromatic rings. The maximum atomic E-state index is 13.1. The fourth-order valence-electron chi connectivity index (χ4n) is 1.47. The molecule has 0 aliphatic carbocycles. The topological polar surface area (TPSA) is 38.0 Å². The molecular formula is C11H16F2N2. The zero-order valence-corrected chi connectivity index (χ0v) is 8.98. The van der Waals surface area contributed by atoms with Gasteiger partial charge in [0.25, 0.3) is 0 Å². The number of rotatable bonds is 4. The lowest BCUT2D eigenvalue weighted by Gasteiger charge is -2.16. The van der Waals surface area contributed by atoms with E-state index in [-0.39, 0.29) is 11.7 Å². The Balaban J connectivity index is 2.84. The van der Waals surface area contributed by atoms with Crippen molar-refractivity contribution in [2.45, 2.75) is 32.7 Å². The summed E-state index contributed by atoms with van der Waals surface area (Å²) in [6.45, 7) is 4.00. The molecule has 3 N–H and O–H groups in total. The number of nitrogens with one attached hydrogen (secondary N) is 1. The van der Waals surface area contributed by atoms with Gasteiger partial charge in [-0.05, 0) is 19.4 Å². The molecule has 4 heteroatoms. The second-order valence-corrected chi connectivity index (χ2v) is 3.68. The molecule has 0 saturated heterocycles. The molecule has 2 nitrogen and oxygen atoms in total. The lowest BCUT2D eigenvalue weighted by molar-refractivity contribution is 0.586. The van der Waals surface area contributed by atoms with Crippen molar-refractivity contribution in [1.29, 1.82) is 0 Å². The molecule has 1 atom stereocenters. The van der Waals surface area contributed by atoms with Gasteiger partial charge in [0.05, 0.1) is 11.4 Å². The van der Waals surface area contributed by atoms with Crippen molar-refractivity contribution in [3.63, 3.8) is 0 Å². The Bertz CT molecular complexity index is 340. The lowest BCUT2D eigenvalue weighted by atomic mass is 10.1. The summed E-state index contributed by atoms with van der Waals surface area (Å²) in [5.74, 6) is -1.34. The minimum absolute atomic E-state index is 0.0284. The summed E-state index contributed by atoms with van der Waals surface area (Å²) in [5.41, 5.74) is 5.79. The molecule has 0 aliphatic rings. The van der Waals surface area contributed by atoms with Crippen molar-refractivity contribution < 1.29 is 8.78 Å². The van der Waals surface area contributed by atoms with Gasteiger partial charge in [0, 0.05) is 12.1 Å². The van der Waals surface area contributed by atoms with Gasteiger partial charge >= 0.3 is 0 Å². The number of anilines is 2. The molecule has 0 saturated carbocycles. The van der Waals surface area contributed by atoms with Gasteiger partial charge in [0.2, 0.25) is 0 Å². The number of nitrogens with two attached hydrogens (primary N) is 1. The summed E-state index contributed by atoms with van der Waals surface area (Å²) >= 11 is 0. The summed E-state index contributed by atoms with van der Waals surface area (Å²) in [4.78, 5) is 0. The van der Waals surface area contributed by atoms with E-state index in [1.807, 2.05) is 13.8 Å². The Morgan fingerprint density at radius 2 is 2.07 bits per heavy atom. The number of hydrogen-bond acceptors (Lipinski definition) is 2. The smallest absolute Gasteiger partial charge is 0.151 e. The first-order valence-corrected chi connectivity index (χ1v) is 5.05. The Hall–Kier alpha value is -1.32. The van der Waals surface area contributed by atoms with Crippen LogP contribution in [0.25, 0.3) is 0 Å². The van der Waals surface area contributed by atoms with Gasteiger partial charge < -0.3 is 11.1 Å². The Labute approximate surface area is 88.5 Å². The maximum absolute atomic E-state index is 13.1. The fourth-order valence-corrected chi connectivity index (χ4v) is 1.47. The van der Waals surface area contributed by atoms with Crippen LogP contribution in [-0.2, 0) is 0 Å². The van der Waals surface area contributed by atoms with Crippen molar-refractivity contribution >= 4 is 11.4 Å². The SMILES string of the molecule is CCCC(C)Nc1cc(F)cc(F)c1N. The van der Waals surface area contributed by atoms with Crippen LogP contribution in [0.5, 0.6) is 0 Å². The zero-order valence-electron chi connectivity index (χ0n) is 8.98. The largest absolute Gasteiger partial charge is 0.395 e. The van der Waals surface area contributed by atoms with Crippen molar-refractivity contribution in [1.82, 2.24) is 0 Å². The van der Waals surface area contributed by atoms with E-state index in [2.05, 4.69) is 5.32 Å². The van der Waals surface area contributed by atoms with E-state index in [4.69, 9.17) is 5.73 Å². The van der Waals surface area contributed by atoms with Gasteiger partial charge in [-0.1, -0.05) is 13.3 Å². The highest BCUT2D eigenvalue weighted by molar-refractivity contribution is 5.67. The summed E-state index contributed by atoms with van der Waals surface area (Å²) in [6.07, 6.45) is 1.93. The number of hydrogen-bond donors (Lipinski definition) is 2. The van der Waals surface area contributed by atoms with Crippen LogP contribution in [0.15, 0.2) is 12.1 Å². The van der Waals surface area contributed by atoms with E-state index in [0.29, 0.717) is 5.69 Å². The highest BCUT2D eigenvalue weighted by Crippen LogP contribution is 2.24. The standard InChI is InChI=1S/C11H16F2N2/c1-3-4-7(2)15-10-6-8(12)5-9(13)11(10)14/h5-7,15H,3-4,14H2,1-2H3. The van der Waals surface area contributed by atoms with Crippen molar-refractivity contribution in [2.75, 3.05) is 11.1 Å². The monoisotopic (exact) mass is 214 g/mol. The van der Waals surface area contributed by atoms with Crippen LogP contribution in [0, 0.1) is 11.6 Å². The molecule has 0 amide bonds. The molecular weight excluding hydrogens is 198 g/mol. The summed E-state index contributed by atoms with van der Waals surface area (Å²) < 4.78 is 26.0. The number of nitrogen functional groups attached to an aromatic ring is 1. The molecule has 15 heavy (non-hydrogen) atoms. The van der Waals surface area contributed by atoms with Crippen LogP contribution in [0.3, 0.4) is 0 Å². The Morgan fingerprint density at radius 3 is 2.67 bits per heavy atom. The molecule has 1 rings (SSSR count). The first-order valence-electron chi connectivity index (χ1n) is 5.05. The molecule has 0 spiro atoms. The fraction of sp³-hybridized carbons (Fsp3) is 0.455. The highest BCUT2D eigenvalue weighted by atomic mass is 19.1. The predicted octanol–water partition coefficient (Wildman–Crippen LogP) is 3.15. The molecule has 1 aromatic carbocycles. The molecule has 0 radical (unpaired) electrons. The molecule has 84 valence electrons. The van der Waals surface area contributed by atoms with Crippen LogP contribution >= 0.6 is 0 Å². The van der Waals surface area contributed by atoms with E-state index >= 15 is 0 Å². The Morgan fingerprint density at radius 1 is 1.40 bits per heavy atom. The predicted molar refractivity (Wildman–Crippen MR) is 58.8 cm³/mol. The Kier molecular flexibility index (Phi) is 3.88. The van der Waals surface area contributed by atoms with Crippen LogP contribution < -0.4 is 11.1 Å². The lowest BCUT2D eigenvalue weighted by Crippen LogP contribution is -2.16. The van der Waals surface area contributed by atoms with Gasteiger partial charge in [-0.25, -0.2) is 8.78 Å². The third kappa shape index (κ3) is 3.08. The van der Waals surface area contributed by atoms with Crippen LogP contribution in [0.1, 0.15) is 26.7 Å². The second kappa shape index (κ2) is 4.96. The quantitative estimate of drug-likeness (QED) is 0.755. The summed E-state index contributed by atoms with van der Waals surface area (Å²) in [7, 11) is 0. The van der Waals surface area contributed by atoms with E-state index in [1.54, 1.807) is 0 Å². The van der Waals surface area contributed by atoms with Crippen molar-refractivity contribution in [2.24, 2.45) is 0 Å². The first kappa shape index (κ1) is 11.8. The van der Waals surface area contributed by atoms with Crippen LogP contribution in [-0.4, -0.2) is 6.04 Å². The second-order valence-electron chi connectivity index (χ2n) is 3.68. The van der Waals surface area contributed by atoms with Crippen molar-refractivity contribution in [3.05, 3.63) is 23.8 Å². The highest BCUT2D eigenvalue weighted by Gasteiger charge is 2.09. The maximum Gasteiger partial charge on any atom is 0.151 e. The average molecular weight is 214 g/mol. The zero-order chi connectivity index (χ0) is 11.4. The summed E-state index contributed by atoms with van der Waals surface area (Å²) in [5, 5.41) is 2.99. The third-order valence-corrected chi connectivity index (χ3v) is 2.22. The van der Waals surface area contributed by atoms with Gasteiger partial charge in [0.15, 0.2) is 5.82 Å². The minimum Gasteiger partial charge on any atom is -0.395 e. The van der Waals surface area contributed by atoms with Crippen LogP contribution in [0.2, 0.25) is 0 Å². The van der Waals surface area contributed by atoms with E-state index in [0.717, 1.165) is 18.9 Å². The third-order valence-electron chi connectivity index (χ3n) is 2.22. The summed E-state index contributed by atoms with van der Waals surface area (Å²) in [6, 6.07) is 2.15. The molecule has 0 fully saturated rings. The molecule has 0 heterocycles. The molecule has 0 aromatic heterocycles. The van der Waals surface area contributed by atoms with Gasteiger partial charge in [-0.15, -0.1) is 0 Å².